The molecule has 0 aliphatic carbocycles. The SMILES string of the molecule is COc1ccc(O)c(/C=C2\C(=O)Nc3ccccc32)c1. The van der Waals surface area contributed by atoms with Gasteiger partial charge in [-0.1, -0.05) is 18.2 Å². The predicted molar refractivity (Wildman–Crippen MR) is 77.6 cm³/mol. The van der Waals surface area contributed by atoms with Crippen LogP contribution in [0.4, 0.5) is 5.69 Å². The van der Waals surface area contributed by atoms with E-state index in [-0.39, 0.29) is 11.7 Å². The molecule has 1 aliphatic rings. The molecule has 0 unspecified atom stereocenters. The number of carbonyl (C=O) groups is 1. The van der Waals surface area contributed by atoms with Crippen molar-refractivity contribution in [1.29, 1.82) is 0 Å². The van der Waals surface area contributed by atoms with Crippen LogP contribution in [0.1, 0.15) is 11.1 Å². The normalized spacial score (nSPS) is 15.1. The maximum absolute atomic E-state index is 12.0. The van der Waals surface area contributed by atoms with Crippen LogP contribution >= 0.6 is 0 Å². The molecule has 2 N–H and O–H groups in total. The number of benzene rings is 2. The first-order valence-electron chi connectivity index (χ1n) is 6.18. The van der Waals surface area contributed by atoms with Crippen LogP contribution in [0, 0.1) is 0 Å². The topological polar surface area (TPSA) is 58.6 Å². The Morgan fingerprint density at radius 3 is 2.80 bits per heavy atom. The van der Waals surface area contributed by atoms with Crippen LogP contribution in [-0.4, -0.2) is 18.1 Å². The summed E-state index contributed by atoms with van der Waals surface area (Å²) in [6.45, 7) is 0. The molecule has 2 aromatic rings. The van der Waals surface area contributed by atoms with E-state index in [1.54, 1.807) is 31.4 Å². The van der Waals surface area contributed by atoms with Crippen molar-refractivity contribution in [2.45, 2.75) is 0 Å². The summed E-state index contributed by atoms with van der Waals surface area (Å²) < 4.78 is 5.13. The molecule has 1 aliphatic heterocycles. The lowest BCUT2D eigenvalue weighted by molar-refractivity contribution is -0.110. The Morgan fingerprint density at radius 1 is 1.20 bits per heavy atom. The zero-order chi connectivity index (χ0) is 14.1. The van der Waals surface area contributed by atoms with Crippen molar-refractivity contribution in [2.24, 2.45) is 0 Å². The molecule has 20 heavy (non-hydrogen) atoms. The van der Waals surface area contributed by atoms with E-state index in [4.69, 9.17) is 4.74 Å². The Labute approximate surface area is 116 Å². The van der Waals surface area contributed by atoms with Gasteiger partial charge in [-0.2, -0.15) is 0 Å². The van der Waals surface area contributed by atoms with Crippen LogP contribution < -0.4 is 10.1 Å². The number of hydrogen-bond donors (Lipinski definition) is 2. The van der Waals surface area contributed by atoms with Gasteiger partial charge >= 0.3 is 0 Å². The third-order valence-electron chi connectivity index (χ3n) is 3.24. The molecular formula is C16H13NO3. The molecule has 0 fully saturated rings. The molecule has 0 spiro atoms. The van der Waals surface area contributed by atoms with Gasteiger partial charge in [0.1, 0.15) is 11.5 Å². The van der Waals surface area contributed by atoms with E-state index in [0.29, 0.717) is 16.9 Å². The molecule has 0 bridgehead atoms. The summed E-state index contributed by atoms with van der Waals surface area (Å²) in [6, 6.07) is 12.4. The molecule has 1 amide bonds. The first-order valence-corrected chi connectivity index (χ1v) is 6.18. The Bertz CT molecular complexity index is 719. The van der Waals surface area contributed by atoms with Gasteiger partial charge in [0.2, 0.25) is 0 Å². The van der Waals surface area contributed by atoms with Gasteiger partial charge in [-0.25, -0.2) is 0 Å². The highest BCUT2D eigenvalue weighted by molar-refractivity contribution is 6.35. The van der Waals surface area contributed by atoms with Gasteiger partial charge in [0, 0.05) is 22.4 Å². The predicted octanol–water partition coefficient (Wildman–Crippen LogP) is 2.89. The standard InChI is InChI=1S/C16H13NO3/c1-20-11-6-7-15(18)10(8-11)9-13-12-4-2-3-5-14(12)17-16(13)19/h2-9,18H,1H3,(H,17,19)/b13-9-. The third kappa shape index (κ3) is 2.01. The van der Waals surface area contributed by atoms with Gasteiger partial charge in [0.05, 0.1) is 7.11 Å². The van der Waals surface area contributed by atoms with E-state index in [0.717, 1.165) is 11.3 Å². The smallest absolute Gasteiger partial charge is 0.256 e. The van der Waals surface area contributed by atoms with Gasteiger partial charge in [-0.15, -0.1) is 0 Å². The number of nitrogens with one attached hydrogen (secondary N) is 1. The van der Waals surface area contributed by atoms with Crippen LogP contribution in [0.5, 0.6) is 11.5 Å². The van der Waals surface area contributed by atoms with E-state index < -0.39 is 0 Å². The van der Waals surface area contributed by atoms with Crippen LogP contribution in [0.2, 0.25) is 0 Å². The number of methoxy groups -OCH3 is 1. The summed E-state index contributed by atoms with van der Waals surface area (Å²) in [4.78, 5) is 12.0. The first kappa shape index (κ1) is 12.3. The van der Waals surface area contributed by atoms with Crippen LogP contribution in [0.3, 0.4) is 0 Å². The second-order valence-corrected chi connectivity index (χ2v) is 4.48. The number of para-hydroxylation sites is 1. The summed E-state index contributed by atoms with van der Waals surface area (Å²) in [5.41, 5.74) is 2.70. The number of fused-ring (bicyclic) bond motifs is 1. The molecule has 0 radical (unpaired) electrons. The maximum atomic E-state index is 12.0. The van der Waals surface area contributed by atoms with E-state index in [1.165, 1.54) is 0 Å². The number of phenolic OH excluding ortho intramolecular Hbond substituents is 1. The molecule has 1 heterocycles. The number of anilines is 1. The average molecular weight is 267 g/mol. The lowest BCUT2D eigenvalue weighted by Crippen LogP contribution is -2.03. The van der Waals surface area contributed by atoms with Crippen LogP contribution in [0.15, 0.2) is 42.5 Å². The number of aromatic hydroxyl groups is 1. The minimum atomic E-state index is -0.173. The molecule has 3 rings (SSSR count). The van der Waals surface area contributed by atoms with Crippen molar-refractivity contribution in [3.63, 3.8) is 0 Å². The zero-order valence-corrected chi connectivity index (χ0v) is 10.9. The summed E-state index contributed by atoms with van der Waals surface area (Å²) >= 11 is 0. The fourth-order valence-corrected chi connectivity index (χ4v) is 2.21. The number of phenols is 1. The van der Waals surface area contributed by atoms with Gasteiger partial charge in [0.25, 0.3) is 5.91 Å². The number of ether oxygens (including phenoxy) is 1. The Balaban J connectivity index is 2.11. The summed E-state index contributed by atoms with van der Waals surface area (Å²) in [7, 11) is 1.56. The minimum Gasteiger partial charge on any atom is -0.507 e. The number of amides is 1. The van der Waals surface area contributed by atoms with Crippen molar-refractivity contribution >= 4 is 23.2 Å². The first-order chi connectivity index (χ1) is 9.69. The van der Waals surface area contributed by atoms with Gasteiger partial charge in [0.15, 0.2) is 0 Å². The molecule has 2 aromatic carbocycles. The van der Waals surface area contributed by atoms with Gasteiger partial charge in [-0.3, -0.25) is 4.79 Å². The van der Waals surface area contributed by atoms with Crippen molar-refractivity contribution in [2.75, 3.05) is 12.4 Å². The van der Waals surface area contributed by atoms with Crippen molar-refractivity contribution < 1.29 is 14.6 Å². The molecule has 4 nitrogen and oxygen atoms in total. The van der Waals surface area contributed by atoms with E-state index in [2.05, 4.69) is 5.32 Å². The molecule has 0 saturated carbocycles. The number of rotatable bonds is 2. The Kier molecular flexibility index (Phi) is 2.91. The lowest BCUT2D eigenvalue weighted by atomic mass is 10.0. The van der Waals surface area contributed by atoms with E-state index in [1.807, 2.05) is 24.3 Å². The summed E-state index contributed by atoms with van der Waals surface area (Å²) in [5, 5.41) is 12.7. The fourth-order valence-electron chi connectivity index (χ4n) is 2.21. The second-order valence-electron chi connectivity index (χ2n) is 4.48. The second kappa shape index (κ2) is 4.74. The number of hydrogen-bond acceptors (Lipinski definition) is 3. The van der Waals surface area contributed by atoms with Crippen LogP contribution in [-0.2, 0) is 4.79 Å². The maximum Gasteiger partial charge on any atom is 0.256 e. The number of carbonyl (C=O) groups excluding carboxylic acids is 1. The van der Waals surface area contributed by atoms with E-state index in [9.17, 15) is 9.90 Å². The molecular weight excluding hydrogens is 254 g/mol. The monoisotopic (exact) mass is 267 g/mol. The zero-order valence-electron chi connectivity index (χ0n) is 10.9. The van der Waals surface area contributed by atoms with E-state index >= 15 is 0 Å². The van der Waals surface area contributed by atoms with Gasteiger partial charge < -0.3 is 15.2 Å². The van der Waals surface area contributed by atoms with Crippen molar-refractivity contribution in [3.8, 4) is 11.5 Å². The Morgan fingerprint density at radius 2 is 2.00 bits per heavy atom. The third-order valence-corrected chi connectivity index (χ3v) is 3.24. The lowest BCUT2D eigenvalue weighted by Gasteiger charge is -2.04. The highest BCUT2D eigenvalue weighted by atomic mass is 16.5. The van der Waals surface area contributed by atoms with Gasteiger partial charge in [-0.05, 0) is 30.3 Å². The highest BCUT2D eigenvalue weighted by Gasteiger charge is 2.23. The summed E-state index contributed by atoms with van der Waals surface area (Å²) in [6.07, 6.45) is 1.67. The molecule has 100 valence electrons. The quantitative estimate of drug-likeness (QED) is 0.822. The average Bonchev–Trinajstić information content (AvgIpc) is 2.77. The molecule has 4 heteroatoms. The minimum absolute atomic E-state index is 0.107. The van der Waals surface area contributed by atoms with Crippen molar-refractivity contribution in [1.82, 2.24) is 0 Å². The molecule has 0 aromatic heterocycles. The summed E-state index contributed by atoms with van der Waals surface area (Å²) in [5.74, 6) is 0.560. The molecule has 0 atom stereocenters. The fraction of sp³-hybridized carbons (Fsp3) is 0.0625. The highest BCUT2D eigenvalue weighted by Crippen LogP contribution is 2.34. The Hall–Kier alpha value is -2.75. The van der Waals surface area contributed by atoms with Crippen LogP contribution in [0.25, 0.3) is 11.6 Å². The van der Waals surface area contributed by atoms with Crippen molar-refractivity contribution in [3.05, 3.63) is 53.6 Å². The molecule has 0 saturated heterocycles. The largest absolute Gasteiger partial charge is 0.507 e.